The van der Waals surface area contributed by atoms with Gasteiger partial charge in [0, 0.05) is 51.9 Å². The fourth-order valence-electron chi connectivity index (χ4n) is 3.65. The van der Waals surface area contributed by atoms with Gasteiger partial charge in [-0.05, 0) is 38.5 Å². The smallest absolute Gasteiger partial charge is 0.357 e. The Morgan fingerprint density at radius 2 is 1.77 bits per heavy atom. The minimum Gasteiger partial charge on any atom is -0.357 e. The van der Waals surface area contributed by atoms with Crippen LogP contribution in [-0.4, -0.2) is 80.9 Å². The lowest BCUT2D eigenvalue weighted by Crippen LogP contribution is -2.49. The van der Waals surface area contributed by atoms with Crippen molar-refractivity contribution < 1.29 is 21.6 Å². The van der Waals surface area contributed by atoms with E-state index in [4.69, 9.17) is 0 Å². The molecule has 7 nitrogen and oxygen atoms in total. The van der Waals surface area contributed by atoms with Gasteiger partial charge in [-0.25, -0.2) is 8.42 Å². The third-order valence-corrected chi connectivity index (χ3v) is 7.00. The molecule has 30 heavy (non-hydrogen) atoms. The summed E-state index contributed by atoms with van der Waals surface area (Å²) in [7, 11) is -5.23. The number of alkyl halides is 3. The number of guanidine groups is 1. The zero-order valence-electron chi connectivity index (χ0n) is 17.3. The average Bonchev–Trinajstić information content (AvgIpc) is 2.67. The Hall–Kier alpha value is -0.600. The molecule has 2 rings (SSSR count). The Morgan fingerprint density at radius 3 is 2.27 bits per heavy atom. The number of halogens is 4. The van der Waals surface area contributed by atoms with Crippen molar-refractivity contribution >= 4 is 40.0 Å². The second-order valence-electron chi connectivity index (χ2n) is 7.52. The Morgan fingerprint density at radius 1 is 1.17 bits per heavy atom. The minimum absolute atomic E-state index is 0. The molecule has 0 atom stereocenters. The predicted molar refractivity (Wildman–Crippen MR) is 123 cm³/mol. The van der Waals surface area contributed by atoms with Gasteiger partial charge in [0.15, 0.2) is 5.96 Å². The molecule has 0 unspecified atom stereocenters. The second kappa shape index (κ2) is 12.4. The topological polar surface area (TPSA) is 77.0 Å². The van der Waals surface area contributed by atoms with Crippen LogP contribution in [-0.2, 0) is 10.0 Å². The van der Waals surface area contributed by atoms with Gasteiger partial charge in [-0.1, -0.05) is 6.08 Å². The largest absolute Gasteiger partial charge is 0.511 e. The summed E-state index contributed by atoms with van der Waals surface area (Å²) in [6.45, 7) is 9.57. The molecule has 176 valence electrons. The number of likely N-dealkylation sites (tertiary alicyclic amines) is 1. The van der Waals surface area contributed by atoms with Crippen molar-refractivity contribution in [1.82, 2.24) is 19.8 Å². The van der Waals surface area contributed by atoms with E-state index in [2.05, 4.69) is 27.1 Å². The van der Waals surface area contributed by atoms with Gasteiger partial charge in [0.25, 0.3) is 0 Å². The Bertz CT molecular complexity index is 659. The third kappa shape index (κ3) is 7.83. The van der Waals surface area contributed by atoms with Crippen molar-refractivity contribution in [2.24, 2.45) is 10.9 Å². The first-order chi connectivity index (χ1) is 13.7. The number of sulfonamides is 1. The van der Waals surface area contributed by atoms with E-state index in [0.29, 0.717) is 42.2 Å². The summed E-state index contributed by atoms with van der Waals surface area (Å²) in [5.74, 6) is 0.777. The van der Waals surface area contributed by atoms with E-state index in [1.165, 1.54) is 0 Å². The van der Waals surface area contributed by atoms with Crippen molar-refractivity contribution in [3.8, 4) is 0 Å². The van der Waals surface area contributed by atoms with Crippen LogP contribution in [0, 0.1) is 5.92 Å². The van der Waals surface area contributed by atoms with E-state index in [0.717, 1.165) is 32.5 Å². The highest BCUT2D eigenvalue weighted by molar-refractivity contribution is 14.0. The summed E-state index contributed by atoms with van der Waals surface area (Å²) in [6.07, 6.45) is 4.67. The van der Waals surface area contributed by atoms with E-state index in [1.807, 2.05) is 13.0 Å². The van der Waals surface area contributed by atoms with Crippen LogP contribution >= 0.6 is 24.0 Å². The van der Waals surface area contributed by atoms with Gasteiger partial charge in [-0.2, -0.15) is 17.5 Å². The number of piperidine rings is 2. The number of nitrogens with one attached hydrogen (secondary N) is 2. The molecule has 12 heteroatoms. The summed E-state index contributed by atoms with van der Waals surface area (Å²) in [4.78, 5) is 6.94. The molecule has 0 saturated carbocycles. The summed E-state index contributed by atoms with van der Waals surface area (Å²) in [5.41, 5.74) is -5.23. The molecule has 2 aliphatic heterocycles. The molecule has 0 aromatic rings. The highest BCUT2D eigenvalue weighted by Crippen LogP contribution is 2.30. The minimum atomic E-state index is -5.23. The lowest BCUT2D eigenvalue weighted by molar-refractivity contribution is -0.0496. The van der Waals surface area contributed by atoms with Crippen LogP contribution in [0.1, 0.15) is 32.6 Å². The van der Waals surface area contributed by atoms with Crippen molar-refractivity contribution in [2.45, 2.75) is 44.2 Å². The van der Waals surface area contributed by atoms with Crippen LogP contribution in [0.5, 0.6) is 0 Å². The van der Waals surface area contributed by atoms with Crippen LogP contribution in [0.4, 0.5) is 13.2 Å². The van der Waals surface area contributed by atoms with Gasteiger partial charge in [0.1, 0.15) is 0 Å². The third-order valence-electron chi connectivity index (χ3n) is 5.37. The maximum atomic E-state index is 12.7. The van der Waals surface area contributed by atoms with Crippen molar-refractivity contribution in [2.75, 3.05) is 45.8 Å². The van der Waals surface area contributed by atoms with E-state index in [9.17, 15) is 21.6 Å². The van der Waals surface area contributed by atoms with Crippen LogP contribution in [0.15, 0.2) is 17.6 Å². The highest BCUT2D eigenvalue weighted by atomic mass is 127. The molecule has 0 radical (unpaired) electrons. The molecule has 0 amide bonds. The normalized spacial score (nSPS) is 21.1. The van der Waals surface area contributed by atoms with Crippen molar-refractivity contribution in [1.29, 1.82) is 0 Å². The summed E-state index contributed by atoms with van der Waals surface area (Å²) < 4.78 is 61.5. The molecule has 2 N–H and O–H groups in total. The molecule has 0 aliphatic carbocycles. The lowest BCUT2D eigenvalue weighted by Gasteiger charge is -2.33. The number of aliphatic imine (C=N–C) groups is 1. The van der Waals surface area contributed by atoms with Gasteiger partial charge < -0.3 is 10.6 Å². The Kier molecular flexibility index (Phi) is 11.4. The molecule has 2 aliphatic rings. The molecule has 2 saturated heterocycles. The van der Waals surface area contributed by atoms with Gasteiger partial charge in [-0.15, -0.1) is 30.6 Å². The molecule has 2 heterocycles. The number of hydrogen-bond donors (Lipinski definition) is 2. The fraction of sp³-hybridized carbons (Fsp3) is 0.833. The van der Waals surface area contributed by atoms with Gasteiger partial charge in [-0.3, -0.25) is 9.89 Å². The monoisotopic (exact) mass is 567 g/mol. The second-order valence-corrected chi connectivity index (χ2v) is 9.45. The van der Waals surface area contributed by atoms with E-state index < -0.39 is 15.5 Å². The average molecular weight is 567 g/mol. The SMILES string of the molecule is C=CCN1CCC(NC(=NCC2CCN(S(=O)(=O)C(F)(F)F)CC2)NCC)CC1.I. The van der Waals surface area contributed by atoms with E-state index in [1.54, 1.807) is 0 Å². The van der Waals surface area contributed by atoms with Crippen LogP contribution in [0.3, 0.4) is 0 Å². The maximum absolute atomic E-state index is 12.7. The van der Waals surface area contributed by atoms with Crippen LogP contribution in [0.25, 0.3) is 0 Å². The molecular weight excluding hydrogens is 534 g/mol. The first-order valence-electron chi connectivity index (χ1n) is 10.1. The van der Waals surface area contributed by atoms with Gasteiger partial charge >= 0.3 is 15.5 Å². The summed E-state index contributed by atoms with van der Waals surface area (Å²) in [5, 5.41) is 6.66. The Balaban J connectivity index is 0.00000450. The van der Waals surface area contributed by atoms with Crippen molar-refractivity contribution in [3.63, 3.8) is 0 Å². The molecule has 0 bridgehead atoms. The quantitative estimate of drug-likeness (QED) is 0.214. The van der Waals surface area contributed by atoms with Crippen LogP contribution < -0.4 is 10.6 Å². The molecule has 0 spiro atoms. The van der Waals surface area contributed by atoms with E-state index in [-0.39, 0.29) is 43.0 Å². The molecule has 2 fully saturated rings. The number of hydrogen-bond acceptors (Lipinski definition) is 4. The number of rotatable bonds is 7. The van der Waals surface area contributed by atoms with Gasteiger partial charge in [0.05, 0.1) is 0 Å². The van der Waals surface area contributed by atoms with Crippen molar-refractivity contribution in [3.05, 3.63) is 12.7 Å². The predicted octanol–water partition coefficient (Wildman–Crippen LogP) is 2.37. The molecular formula is C18H33F3IN5O2S. The van der Waals surface area contributed by atoms with Crippen LogP contribution in [0.2, 0.25) is 0 Å². The van der Waals surface area contributed by atoms with Gasteiger partial charge in [0.2, 0.25) is 0 Å². The fourth-order valence-corrected chi connectivity index (χ4v) is 4.64. The maximum Gasteiger partial charge on any atom is 0.511 e. The zero-order valence-corrected chi connectivity index (χ0v) is 20.5. The Labute approximate surface area is 194 Å². The molecule has 0 aromatic heterocycles. The highest BCUT2D eigenvalue weighted by Gasteiger charge is 2.50. The first-order valence-corrected chi connectivity index (χ1v) is 11.6. The van der Waals surface area contributed by atoms with E-state index >= 15 is 0 Å². The molecule has 0 aromatic carbocycles. The standard InChI is InChI=1S/C18H32F3N5O2S.HI/c1-3-9-25-10-7-16(8-11-25)24-17(22-4-2)23-14-15-5-12-26(13-6-15)29(27,28)18(19,20)21;/h3,15-16H,1,4-14H2,2H3,(H2,22,23,24);1H. The summed E-state index contributed by atoms with van der Waals surface area (Å²) in [6, 6.07) is 0.327. The first kappa shape index (κ1) is 27.4. The zero-order chi connectivity index (χ0) is 21.5. The summed E-state index contributed by atoms with van der Waals surface area (Å²) >= 11 is 0. The number of nitrogens with zero attached hydrogens (tertiary/aromatic N) is 3. The lowest BCUT2D eigenvalue weighted by atomic mass is 9.98.